The van der Waals surface area contributed by atoms with Crippen LogP contribution in [0.15, 0.2) is 16.6 Å². The van der Waals surface area contributed by atoms with Crippen molar-refractivity contribution in [1.82, 2.24) is 10.2 Å². The molecule has 1 aliphatic rings. The number of nitrogens with zero attached hydrogens (tertiary/aromatic N) is 1. The van der Waals surface area contributed by atoms with Crippen LogP contribution in [0.4, 0.5) is 13.6 Å². The summed E-state index contributed by atoms with van der Waals surface area (Å²) in [5.41, 5.74) is -0.816. The Labute approximate surface area is 153 Å². The second-order valence-corrected chi connectivity index (χ2v) is 7.84. The first kappa shape index (κ1) is 19.6. The van der Waals surface area contributed by atoms with Crippen molar-refractivity contribution in [3.8, 4) is 0 Å². The maximum absolute atomic E-state index is 13.9. The molecular formula is C17H21BrF2N2O3. The number of nitrogens with one attached hydrogen (secondary N) is 1. The molecule has 0 saturated carbocycles. The normalized spacial score (nSPS) is 18.0. The number of piperidine rings is 1. The molecule has 1 fully saturated rings. The minimum atomic E-state index is -0.909. The Bertz CT molecular complexity index is 677. The number of likely N-dealkylation sites (tertiary alicyclic amines) is 1. The Morgan fingerprint density at radius 1 is 1.28 bits per heavy atom. The largest absolute Gasteiger partial charge is 0.444 e. The number of carbonyl (C=O) groups excluding carboxylic acids is 2. The molecule has 1 saturated heterocycles. The van der Waals surface area contributed by atoms with Crippen molar-refractivity contribution in [3.63, 3.8) is 0 Å². The lowest BCUT2D eigenvalue weighted by molar-refractivity contribution is 0.0451. The minimum Gasteiger partial charge on any atom is -0.444 e. The topological polar surface area (TPSA) is 58.6 Å². The zero-order valence-electron chi connectivity index (χ0n) is 14.4. The van der Waals surface area contributed by atoms with Crippen LogP contribution in [-0.2, 0) is 4.74 Å². The number of hydrogen-bond acceptors (Lipinski definition) is 3. The van der Waals surface area contributed by atoms with Crippen molar-refractivity contribution in [3.05, 3.63) is 33.8 Å². The molecule has 1 aromatic rings. The van der Waals surface area contributed by atoms with Crippen LogP contribution in [0.3, 0.4) is 0 Å². The number of halogens is 3. The fourth-order valence-electron chi connectivity index (χ4n) is 2.61. The summed E-state index contributed by atoms with van der Waals surface area (Å²) in [7, 11) is 0. The summed E-state index contributed by atoms with van der Waals surface area (Å²) >= 11 is 2.96. The van der Waals surface area contributed by atoms with E-state index in [0.717, 1.165) is 6.07 Å². The molecule has 1 aliphatic heterocycles. The zero-order valence-corrected chi connectivity index (χ0v) is 16.0. The molecule has 1 aromatic carbocycles. The van der Waals surface area contributed by atoms with Gasteiger partial charge in [-0.1, -0.05) is 0 Å². The van der Waals surface area contributed by atoms with Crippen molar-refractivity contribution in [2.24, 2.45) is 0 Å². The highest BCUT2D eigenvalue weighted by Crippen LogP contribution is 2.22. The minimum absolute atomic E-state index is 0.0256. The van der Waals surface area contributed by atoms with Gasteiger partial charge in [0.1, 0.15) is 17.2 Å². The highest BCUT2D eigenvalue weighted by molar-refractivity contribution is 9.10. The quantitative estimate of drug-likeness (QED) is 0.741. The average Bonchev–Trinajstić information content (AvgIpc) is 2.48. The third-order valence-corrected chi connectivity index (χ3v) is 4.28. The van der Waals surface area contributed by atoms with Crippen LogP contribution in [0.5, 0.6) is 0 Å². The molecule has 8 heteroatoms. The summed E-state index contributed by atoms with van der Waals surface area (Å²) in [5.74, 6) is -2.21. The number of alkyl carbamates (subject to hydrolysis) is 1. The number of rotatable bonds is 2. The standard InChI is InChI=1S/C17H21BrF2N2O3/c1-17(2,3)25-16(24)21-10-5-4-6-22(9-10)15(23)11-7-12(18)14(20)8-13(11)19/h7-8,10H,4-6,9H2,1-3H3,(H,21,24)/t10-/m0/s1. The molecule has 138 valence electrons. The highest BCUT2D eigenvalue weighted by Gasteiger charge is 2.28. The molecule has 1 heterocycles. The lowest BCUT2D eigenvalue weighted by atomic mass is 10.0. The molecule has 0 spiro atoms. The van der Waals surface area contributed by atoms with Gasteiger partial charge in [-0.2, -0.15) is 0 Å². The Morgan fingerprint density at radius 2 is 1.96 bits per heavy atom. The van der Waals surface area contributed by atoms with Crippen molar-refractivity contribution in [2.45, 2.75) is 45.3 Å². The number of hydrogen-bond donors (Lipinski definition) is 1. The molecular weight excluding hydrogens is 398 g/mol. The van der Waals surface area contributed by atoms with E-state index in [4.69, 9.17) is 4.74 Å². The van der Waals surface area contributed by atoms with Gasteiger partial charge in [-0.3, -0.25) is 4.79 Å². The van der Waals surface area contributed by atoms with Crippen LogP contribution in [0.2, 0.25) is 0 Å². The molecule has 0 unspecified atom stereocenters. The molecule has 2 amide bonds. The summed E-state index contributed by atoms with van der Waals surface area (Å²) in [6.45, 7) is 5.97. The molecule has 0 aromatic heterocycles. The smallest absolute Gasteiger partial charge is 0.407 e. The van der Waals surface area contributed by atoms with Gasteiger partial charge >= 0.3 is 6.09 Å². The first-order valence-corrected chi connectivity index (χ1v) is 8.79. The summed E-state index contributed by atoms with van der Waals surface area (Å²) in [6, 6.07) is 1.54. The SMILES string of the molecule is CC(C)(C)OC(=O)N[C@H]1CCCN(C(=O)c2cc(Br)c(F)cc2F)C1. The second-order valence-electron chi connectivity index (χ2n) is 6.98. The van der Waals surface area contributed by atoms with E-state index in [-0.39, 0.29) is 22.6 Å². The van der Waals surface area contributed by atoms with Crippen LogP contribution in [0, 0.1) is 11.6 Å². The third-order valence-electron chi connectivity index (χ3n) is 3.67. The predicted octanol–water partition coefficient (Wildman–Crippen LogP) is 3.86. The molecule has 2 rings (SSSR count). The maximum atomic E-state index is 13.9. The van der Waals surface area contributed by atoms with Gasteiger partial charge in [0.15, 0.2) is 0 Å². The molecule has 1 N–H and O–H groups in total. The van der Waals surface area contributed by atoms with Crippen molar-refractivity contribution in [1.29, 1.82) is 0 Å². The van der Waals surface area contributed by atoms with Crippen molar-refractivity contribution < 1.29 is 23.1 Å². The van der Waals surface area contributed by atoms with E-state index in [1.807, 2.05) is 0 Å². The summed E-state index contributed by atoms with van der Waals surface area (Å²) in [5, 5.41) is 2.73. The first-order chi connectivity index (χ1) is 11.6. The van der Waals surface area contributed by atoms with Gasteiger partial charge in [0.2, 0.25) is 0 Å². The summed E-state index contributed by atoms with van der Waals surface area (Å²) < 4.78 is 32.5. The van der Waals surface area contributed by atoms with Gasteiger partial charge in [-0.05, 0) is 55.6 Å². The Hall–Kier alpha value is -1.70. The number of ether oxygens (including phenoxy) is 1. The monoisotopic (exact) mass is 418 g/mol. The Balaban J connectivity index is 2.04. The van der Waals surface area contributed by atoms with E-state index in [1.54, 1.807) is 20.8 Å². The van der Waals surface area contributed by atoms with Gasteiger partial charge in [-0.25, -0.2) is 13.6 Å². The molecule has 1 atom stereocenters. The second kappa shape index (κ2) is 7.68. The Kier molecular flexibility index (Phi) is 6.03. The molecule has 25 heavy (non-hydrogen) atoms. The number of benzene rings is 1. The van der Waals surface area contributed by atoms with Gasteiger partial charge in [0, 0.05) is 25.2 Å². The molecule has 0 bridgehead atoms. The van der Waals surface area contributed by atoms with E-state index < -0.39 is 29.2 Å². The zero-order chi connectivity index (χ0) is 18.8. The molecule has 0 aliphatic carbocycles. The maximum Gasteiger partial charge on any atom is 0.407 e. The van der Waals surface area contributed by atoms with Gasteiger partial charge in [0.05, 0.1) is 10.0 Å². The molecule has 0 radical (unpaired) electrons. The van der Waals surface area contributed by atoms with Crippen LogP contribution in [0.1, 0.15) is 44.0 Å². The van der Waals surface area contributed by atoms with E-state index in [9.17, 15) is 18.4 Å². The fraction of sp³-hybridized carbons (Fsp3) is 0.529. The van der Waals surface area contributed by atoms with E-state index in [0.29, 0.717) is 25.5 Å². The van der Waals surface area contributed by atoms with Crippen LogP contribution in [0.25, 0.3) is 0 Å². The number of carbonyl (C=O) groups is 2. The van der Waals surface area contributed by atoms with Crippen LogP contribution < -0.4 is 5.32 Å². The van der Waals surface area contributed by atoms with E-state index in [1.165, 1.54) is 4.90 Å². The van der Waals surface area contributed by atoms with Gasteiger partial charge in [0.25, 0.3) is 5.91 Å². The van der Waals surface area contributed by atoms with E-state index >= 15 is 0 Å². The first-order valence-electron chi connectivity index (χ1n) is 8.00. The predicted molar refractivity (Wildman–Crippen MR) is 92.4 cm³/mol. The average molecular weight is 419 g/mol. The van der Waals surface area contributed by atoms with E-state index in [2.05, 4.69) is 21.2 Å². The molecule has 5 nitrogen and oxygen atoms in total. The fourth-order valence-corrected chi connectivity index (χ4v) is 2.95. The Morgan fingerprint density at radius 3 is 2.60 bits per heavy atom. The van der Waals surface area contributed by atoms with Crippen LogP contribution >= 0.6 is 15.9 Å². The van der Waals surface area contributed by atoms with Crippen LogP contribution in [-0.4, -0.2) is 41.6 Å². The highest BCUT2D eigenvalue weighted by atomic mass is 79.9. The lowest BCUT2D eigenvalue weighted by Crippen LogP contribution is -2.50. The lowest BCUT2D eigenvalue weighted by Gasteiger charge is -2.33. The van der Waals surface area contributed by atoms with Crippen molar-refractivity contribution in [2.75, 3.05) is 13.1 Å². The van der Waals surface area contributed by atoms with Gasteiger partial charge in [-0.15, -0.1) is 0 Å². The van der Waals surface area contributed by atoms with Crippen molar-refractivity contribution >= 4 is 27.9 Å². The third kappa shape index (κ3) is 5.39. The summed E-state index contributed by atoms with van der Waals surface area (Å²) in [4.78, 5) is 25.9. The van der Waals surface area contributed by atoms with Gasteiger partial charge < -0.3 is 15.0 Å². The number of amides is 2. The summed E-state index contributed by atoms with van der Waals surface area (Å²) in [6.07, 6.45) is 0.803.